The lowest BCUT2D eigenvalue weighted by Crippen LogP contribution is -2.36. The Morgan fingerprint density at radius 1 is 1.08 bits per heavy atom. The molecule has 126 valence electrons. The molecule has 0 atom stereocenters. The van der Waals surface area contributed by atoms with Crippen molar-refractivity contribution in [2.45, 2.75) is 20.8 Å². The van der Waals surface area contributed by atoms with Crippen LogP contribution < -0.4 is 15.0 Å². The Hall–Kier alpha value is -2.82. The van der Waals surface area contributed by atoms with Crippen LogP contribution in [-0.4, -0.2) is 25.0 Å². The zero-order chi connectivity index (χ0) is 17.5. The van der Waals surface area contributed by atoms with Gasteiger partial charge in [-0.2, -0.15) is 0 Å². The van der Waals surface area contributed by atoms with Crippen LogP contribution in [-0.2, 0) is 9.59 Å². The van der Waals surface area contributed by atoms with Gasteiger partial charge in [0.2, 0.25) is 11.8 Å². The van der Waals surface area contributed by atoms with Crippen LogP contribution in [0.15, 0.2) is 48.5 Å². The van der Waals surface area contributed by atoms with E-state index in [1.807, 2.05) is 50.2 Å². The van der Waals surface area contributed by atoms with Gasteiger partial charge in [0.1, 0.15) is 12.3 Å². The van der Waals surface area contributed by atoms with Crippen LogP contribution in [0.25, 0.3) is 0 Å². The third-order valence-corrected chi connectivity index (χ3v) is 3.49. The number of anilines is 2. The van der Waals surface area contributed by atoms with E-state index in [0.717, 1.165) is 5.56 Å². The number of aryl methyl sites for hydroxylation is 1. The lowest BCUT2D eigenvalue weighted by atomic mass is 10.2. The van der Waals surface area contributed by atoms with Crippen molar-refractivity contribution < 1.29 is 14.3 Å². The Bertz CT molecular complexity index is 711. The van der Waals surface area contributed by atoms with Gasteiger partial charge in [-0.1, -0.05) is 29.8 Å². The van der Waals surface area contributed by atoms with Gasteiger partial charge in [0, 0.05) is 12.6 Å². The van der Waals surface area contributed by atoms with Crippen LogP contribution >= 0.6 is 0 Å². The van der Waals surface area contributed by atoms with Gasteiger partial charge in [-0.3, -0.25) is 9.59 Å². The molecule has 0 aliphatic heterocycles. The largest absolute Gasteiger partial charge is 0.492 e. The average Bonchev–Trinajstić information content (AvgIpc) is 2.55. The van der Waals surface area contributed by atoms with Crippen molar-refractivity contribution in [3.63, 3.8) is 0 Å². The molecular weight excluding hydrogens is 304 g/mol. The van der Waals surface area contributed by atoms with Gasteiger partial charge in [0.25, 0.3) is 0 Å². The van der Waals surface area contributed by atoms with Gasteiger partial charge in [-0.15, -0.1) is 0 Å². The summed E-state index contributed by atoms with van der Waals surface area (Å²) in [5, 5.41) is 2.80. The summed E-state index contributed by atoms with van der Waals surface area (Å²) >= 11 is 0. The predicted molar refractivity (Wildman–Crippen MR) is 95.4 cm³/mol. The molecule has 0 unspecified atom stereocenters. The van der Waals surface area contributed by atoms with Gasteiger partial charge in [-0.25, -0.2) is 0 Å². The Kier molecular flexibility index (Phi) is 5.95. The maximum absolute atomic E-state index is 12.4. The number of rotatable bonds is 6. The lowest BCUT2D eigenvalue weighted by molar-refractivity contribution is -0.120. The van der Waals surface area contributed by atoms with Crippen molar-refractivity contribution in [3.8, 4) is 5.75 Å². The fraction of sp³-hybridized carbons (Fsp3) is 0.263. The van der Waals surface area contributed by atoms with Crippen molar-refractivity contribution in [3.05, 3.63) is 54.1 Å². The Labute approximate surface area is 142 Å². The molecule has 0 saturated carbocycles. The summed E-state index contributed by atoms with van der Waals surface area (Å²) in [6.07, 6.45) is 0. The monoisotopic (exact) mass is 326 g/mol. The lowest BCUT2D eigenvalue weighted by Gasteiger charge is -2.21. The van der Waals surface area contributed by atoms with E-state index in [1.165, 1.54) is 11.8 Å². The highest BCUT2D eigenvalue weighted by Gasteiger charge is 2.16. The molecule has 0 fully saturated rings. The number of nitrogens with zero attached hydrogens (tertiary/aromatic N) is 1. The normalized spacial score (nSPS) is 10.1. The van der Waals surface area contributed by atoms with Crippen LogP contribution in [0.5, 0.6) is 5.75 Å². The van der Waals surface area contributed by atoms with E-state index < -0.39 is 0 Å². The van der Waals surface area contributed by atoms with E-state index in [2.05, 4.69) is 5.32 Å². The molecule has 0 heterocycles. The molecule has 2 aromatic rings. The molecule has 0 aliphatic carbocycles. The topological polar surface area (TPSA) is 58.6 Å². The number of para-hydroxylation sites is 2. The molecule has 5 heteroatoms. The minimum Gasteiger partial charge on any atom is -0.492 e. The zero-order valence-electron chi connectivity index (χ0n) is 14.2. The van der Waals surface area contributed by atoms with Gasteiger partial charge >= 0.3 is 0 Å². The standard InChI is InChI=1S/C19H22N2O3/c1-4-24-18-8-6-5-7-17(18)20-19(23)13-21(15(3)22)16-11-9-14(2)10-12-16/h5-12H,4,13H2,1-3H3,(H,20,23). The number of hydrogen-bond donors (Lipinski definition) is 1. The van der Waals surface area contributed by atoms with E-state index >= 15 is 0 Å². The highest BCUT2D eigenvalue weighted by Crippen LogP contribution is 2.24. The number of amides is 2. The molecule has 0 bridgehead atoms. The second-order valence-corrected chi connectivity index (χ2v) is 5.42. The molecule has 24 heavy (non-hydrogen) atoms. The first-order valence-corrected chi connectivity index (χ1v) is 7.87. The molecule has 2 aromatic carbocycles. The molecule has 0 aromatic heterocycles. The van der Waals surface area contributed by atoms with Crippen LogP contribution in [0.3, 0.4) is 0 Å². The van der Waals surface area contributed by atoms with Gasteiger partial charge in [0.05, 0.1) is 12.3 Å². The maximum atomic E-state index is 12.4. The number of carbonyl (C=O) groups is 2. The Morgan fingerprint density at radius 2 is 1.75 bits per heavy atom. The summed E-state index contributed by atoms with van der Waals surface area (Å²) in [6.45, 7) is 5.75. The van der Waals surface area contributed by atoms with Crippen LogP contribution in [0, 0.1) is 6.92 Å². The summed E-state index contributed by atoms with van der Waals surface area (Å²) in [4.78, 5) is 25.7. The third-order valence-electron chi connectivity index (χ3n) is 3.49. The highest BCUT2D eigenvalue weighted by molar-refractivity contribution is 6.02. The number of benzene rings is 2. The van der Waals surface area contributed by atoms with Crippen molar-refractivity contribution in [2.24, 2.45) is 0 Å². The SMILES string of the molecule is CCOc1ccccc1NC(=O)CN(C(C)=O)c1ccc(C)cc1. The van der Waals surface area contributed by atoms with Gasteiger partial charge in [0.15, 0.2) is 0 Å². The fourth-order valence-electron chi connectivity index (χ4n) is 2.29. The minimum atomic E-state index is -0.280. The molecule has 5 nitrogen and oxygen atoms in total. The van der Waals surface area contributed by atoms with Crippen molar-refractivity contribution >= 4 is 23.2 Å². The van der Waals surface area contributed by atoms with E-state index in [4.69, 9.17) is 4.74 Å². The van der Waals surface area contributed by atoms with E-state index in [1.54, 1.807) is 12.1 Å². The zero-order valence-corrected chi connectivity index (χ0v) is 14.2. The van der Waals surface area contributed by atoms with Crippen molar-refractivity contribution in [1.82, 2.24) is 0 Å². The summed E-state index contributed by atoms with van der Waals surface area (Å²) in [7, 11) is 0. The summed E-state index contributed by atoms with van der Waals surface area (Å²) in [5.74, 6) is 0.142. The first-order chi connectivity index (χ1) is 11.5. The highest BCUT2D eigenvalue weighted by atomic mass is 16.5. The minimum absolute atomic E-state index is 0.0567. The van der Waals surface area contributed by atoms with Crippen LogP contribution in [0.2, 0.25) is 0 Å². The average molecular weight is 326 g/mol. The molecule has 2 rings (SSSR count). The number of nitrogens with one attached hydrogen (secondary N) is 1. The van der Waals surface area contributed by atoms with E-state index in [0.29, 0.717) is 23.7 Å². The third kappa shape index (κ3) is 4.59. The second kappa shape index (κ2) is 8.15. The summed E-state index contributed by atoms with van der Waals surface area (Å²) in [5.41, 5.74) is 2.38. The van der Waals surface area contributed by atoms with Crippen molar-refractivity contribution in [1.29, 1.82) is 0 Å². The van der Waals surface area contributed by atoms with E-state index in [9.17, 15) is 9.59 Å². The smallest absolute Gasteiger partial charge is 0.244 e. The van der Waals surface area contributed by atoms with Gasteiger partial charge in [-0.05, 0) is 38.1 Å². The first-order valence-electron chi connectivity index (χ1n) is 7.87. The quantitative estimate of drug-likeness (QED) is 0.885. The molecule has 0 radical (unpaired) electrons. The number of carbonyl (C=O) groups excluding carboxylic acids is 2. The first kappa shape index (κ1) is 17.5. The van der Waals surface area contributed by atoms with E-state index in [-0.39, 0.29) is 18.4 Å². The van der Waals surface area contributed by atoms with Crippen molar-refractivity contribution in [2.75, 3.05) is 23.4 Å². The molecule has 1 N–H and O–H groups in total. The van der Waals surface area contributed by atoms with Crippen LogP contribution in [0.1, 0.15) is 19.4 Å². The number of hydrogen-bond acceptors (Lipinski definition) is 3. The maximum Gasteiger partial charge on any atom is 0.244 e. The molecule has 0 saturated heterocycles. The Morgan fingerprint density at radius 3 is 2.38 bits per heavy atom. The Balaban J connectivity index is 2.11. The summed E-state index contributed by atoms with van der Waals surface area (Å²) in [6, 6.07) is 14.7. The molecule has 2 amide bonds. The molecular formula is C19H22N2O3. The van der Waals surface area contributed by atoms with Gasteiger partial charge < -0.3 is 15.0 Å². The fourth-order valence-corrected chi connectivity index (χ4v) is 2.29. The number of ether oxygens (including phenoxy) is 1. The predicted octanol–water partition coefficient (Wildman–Crippen LogP) is 3.39. The summed E-state index contributed by atoms with van der Waals surface area (Å²) < 4.78 is 5.49. The molecule has 0 aliphatic rings. The van der Waals surface area contributed by atoms with Crippen LogP contribution in [0.4, 0.5) is 11.4 Å². The second-order valence-electron chi connectivity index (χ2n) is 5.42. The molecule has 0 spiro atoms.